The van der Waals surface area contributed by atoms with Crippen LogP contribution in [0.4, 0.5) is 0 Å². The molecule has 57 heavy (non-hydrogen) atoms. The Hall–Kier alpha value is -5.18. The first kappa shape index (κ1) is 38.7. The number of para-hydroxylation sites is 1. The van der Waals surface area contributed by atoms with E-state index >= 15 is 0 Å². The highest BCUT2D eigenvalue weighted by Crippen LogP contribution is 2.70. The number of fused-ring (bicyclic) bond motifs is 1. The summed E-state index contributed by atoms with van der Waals surface area (Å²) in [6.45, 7) is 8.50. The van der Waals surface area contributed by atoms with Crippen LogP contribution in [0.15, 0.2) is 66.2 Å². The number of H-pyrrole nitrogens is 1. The number of aliphatic hydroxyl groups is 1. The first-order valence-corrected chi connectivity index (χ1v) is 20.4. The fraction of sp³-hybridized carbons (Fsp3) is 0.442. The van der Waals surface area contributed by atoms with Gasteiger partial charge in [-0.05, 0) is 74.0 Å². The molecule has 1 aliphatic heterocycles. The van der Waals surface area contributed by atoms with E-state index in [1.54, 1.807) is 23.5 Å². The predicted octanol–water partition coefficient (Wildman–Crippen LogP) is 5.07. The lowest BCUT2D eigenvalue weighted by atomic mass is 9.38. The molecule has 3 saturated carbocycles. The van der Waals surface area contributed by atoms with Gasteiger partial charge in [0.1, 0.15) is 17.8 Å². The summed E-state index contributed by atoms with van der Waals surface area (Å²) in [4.78, 5) is 53.7. The number of amides is 3. The zero-order chi connectivity index (χ0) is 40.3. The van der Waals surface area contributed by atoms with Gasteiger partial charge in [0.2, 0.25) is 17.7 Å². The second-order valence-electron chi connectivity index (χ2n) is 17.4. The smallest absolute Gasteiger partial charge is 0.246 e. The SMILES string of the molecule is Cc1ncsc1-c1ccc(CNC(=O)[C@@H]2C[C@@H](O)CN2C(=O)C(NC(=O)CCN(C)C23CC(c4cc5cc(-c6ccccc6O)nnc5[nH]4)(C2)C3)C(C)(C)C)cc1. The van der Waals surface area contributed by atoms with E-state index in [0.717, 1.165) is 57.7 Å². The molecule has 3 amide bonds. The minimum atomic E-state index is -0.881. The Morgan fingerprint density at radius 3 is 2.49 bits per heavy atom. The molecule has 298 valence electrons. The molecule has 3 aromatic heterocycles. The summed E-state index contributed by atoms with van der Waals surface area (Å²) < 4.78 is 0. The number of aliphatic hydroxyl groups excluding tert-OH is 1. The van der Waals surface area contributed by atoms with Crippen LogP contribution in [-0.4, -0.2) is 102 Å². The number of carbonyl (C=O) groups is 3. The van der Waals surface area contributed by atoms with Crippen molar-refractivity contribution in [3.63, 3.8) is 0 Å². The molecule has 0 spiro atoms. The Balaban J connectivity index is 0.846. The quantitative estimate of drug-likeness (QED) is 0.116. The maximum absolute atomic E-state index is 14.1. The predicted molar refractivity (Wildman–Crippen MR) is 218 cm³/mol. The molecule has 9 rings (SSSR count). The molecule has 5 N–H and O–H groups in total. The normalized spacial score (nSPS) is 23.2. The number of phenols is 1. The van der Waals surface area contributed by atoms with Gasteiger partial charge in [-0.15, -0.1) is 21.5 Å². The molecule has 3 aliphatic carbocycles. The molecular formula is C43H50N8O5S. The van der Waals surface area contributed by atoms with Crippen molar-refractivity contribution in [1.29, 1.82) is 0 Å². The van der Waals surface area contributed by atoms with Gasteiger partial charge >= 0.3 is 0 Å². The van der Waals surface area contributed by atoms with E-state index in [0.29, 0.717) is 17.8 Å². The van der Waals surface area contributed by atoms with Gasteiger partial charge in [0.05, 0.1) is 27.9 Å². The second kappa shape index (κ2) is 14.6. The number of nitrogens with zero attached hydrogens (tertiary/aromatic N) is 5. The highest BCUT2D eigenvalue weighted by molar-refractivity contribution is 7.13. The summed E-state index contributed by atoms with van der Waals surface area (Å²) in [7, 11) is 2.06. The van der Waals surface area contributed by atoms with E-state index in [4.69, 9.17) is 0 Å². The van der Waals surface area contributed by atoms with E-state index in [-0.39, 0.29) is 60.4 Å². The van der Waals surface area contributed by atoms with Crippen LogP contribution in [0.2, 0.25) is 0 Å². The number of thiazole rings is 1. The average Bonchev–Trinajstić information content (AvgIpc) is 3.88. The van der Waals surface area contributed by atoms with Gasteiger partial charge in [0.25, 0.3) is 0 Å². The van der Waals surface area contributed by atoms with Gasteiger partial charge in [-0.1, -0.05) is 57.2 Å². The molecule has 1 unspecified atom stereocenters. The zero-order valence-corrected chi connectivity index (χ0v) is 33.8. The van der Waals surface area contributed by atoms with Crippen LogP contribution in [0, 0.1) is 12.3 Å². The number of aromatic nitrogens is 4. The monoisotopic (exact) mass is 790 g/mol. The third kappa shape index (κ3) is 7.30. The van der Waals surface area contributed by atoms with Crippen LogP contribution in [0.1, 0.15) is 69.8 Å². The summed E-state index contributed by atoms with van der Waals surface area (Å²) >= 11 is 1.58. The highest BCUT2D eigenvalue weighted by Gasteiger charge is 2.70. The number of nitrogens with one attached hydrogen (secondary N) is 3. The van der Waals surface area contributed by atoms with Crippen molar-refractivity contribution in [3.05, 3.63) is 83.1 Å². The molecule has 5 aromatic rings. The average molecular weight is 791 g/mol. The van der Waals surface area contributed by atoms with Crippen molar-refractivity contribution in [1.82, 2.24) is 40.6 Å². The lowest BCUT2D eigenvalue weighted by Crippen LogP contribution is -2.76. The van der Waals surface area contributed by atoms with E-state index in [9.17, 15) is 24.6 Å². The minimum absolute atomic E-state index is 0.0123. The van der Waals surface area contributed by atoms with E-state index in [1.165, 1.54) is 4.90 Å². The Bertz CT molecular complexity index is 2310. The second-order valence-corrected chi connectivity index (χ2v) is 18.2. The standard InChI is InChI=1S/C43H50N8O5S/c1-25-36(57-24-45-25)27-12-10-26(11-13-27)19-44-39(55)32-18-29(52)20-51(32)40(56)37(41(2,3)4)47-35(54)14-15-50(5)43-21-42(22-43,23-43)34-17-28-16-31(48-49-38(28)46-34)30-8-6-7-9-33(30)53/h6-13,16-17,24,29,32,37,52-53H,14-15,18-23H2,1-5H3,(H,44,55)(H,46,49)(H,47,54)/t29-,32+,37?,42?,43?/m1/s1. The topological polar surface area (TPSA) is 177 Å². The molecule has 0 radical (unpaired) electrons. The molecule has 4 aliphatic rings. The molecule has 3 atom stereocenters. The van der Waals surface area contributed by atoms with Crippen LogP contribution in [0.25, 0.3) is 32.7 Å². The Morgan fingerprint density at radius 1 is 1.07 bits per heavy atom. The molecule has 14 heteroatoms. The van der Waals surface area contributed by atoms with Crippen molar-refractivity contribution >= 4 is 40.1 Å². The number of rotatable bonds is 12. The number of aryl methyl sites for hydroxylation is 1. The van der Waals surface area contributed by atoms with Crippen molar-refractivity contribution < 1.29 is 24.6 Å². The number of likely N-dealkylation sites (tertiary alicyclic amines) is 1. The van der Waals surface area contributed by atoms with Gasteiger partial charge in [0.15, 0.2) is 5.65 Å². The van der Waals surface area contributed by atoms with E-state index < -0.39 is 23.6 Å². The van der Waals surface area contributed by atoms with Crippen molar-refractivity contribution in [2.24, 2.45) is 5.41 Å². The van der Waals surface area contributed by atoms with Crippen molar-refractivity contribution in [2.45, 2.75) is 95.5 Å². The van der Waals surface area contributed by atoms with Gasteiger partial charge in [-0.25, -0.2) is 4.98 Å². The first-order chi connectivity index (χ1) is 27.1. The number of hydrogen-bond acceptors (Lipinski definition) is 10. The zero-order valence-electron chi connectivity index (χ0n) is 33.0. The number of benzene rings is 2. The fourth-order valence-corrected chi connectivity index (χ4v) is 9.80. The molecule has 2 aromatic carbocycles. The number of carbonyl (C=O) groups excluding carboxylic acids is 3. The number of β-amino-alcohol motifs (C(OH)–C–C–N with tert-alkyl or cyclic N) is 1. The van der Waals surface area contributed by atoms with Gasteiger partial charge in [-0.3, -0.25) is 14.4 Å². The van der Waals surface area contributed by atoms with Crippen LogP contribution >= 0.6 is 11.3 Å². The van der Waals surface area contributed by atoms with Crippen LogP contribution in [-0.2, 0) is 26.3 Å². The molecule has 4 fully saturated rings. The summed E-state index contributed by atoms with van der Waals surface area (Å²) in [5.74, 6) is -0.778. The van der Waals surface area contributed by atoms with Crippen LogP contribution < -0.4 is 10.6 Å². The summed E-state index contributed by atoms with van der Waals surface area (Å²) in [6.07, 6.45) is 2.40. The van der Waals surface area contributed by atoms with Crippen LogP contribution in [0.3, 0.4) is 0 Å². The third-order valence-electron chi connectivity index (χ3n) is 12.3. The molecule has 1 saturated heterocycles. The van der Waals surface area contributed by atoms with Crippen LogP contribution in [0.5, 0.6) is 5.75 Å². The van der Waals surface area contributed by atoms with E-state index in [1.807, 2.05) is 75.7 Å². The lowest BCUT2D eigenvalue weighted by molar-refractivity contribution is -0.163. The summed E-state index contributed by atoms with van der Waals surface area (Å²) in [5.41, 5.74) is 7.29. The summed E-state index contributed by atoms with van der Waals surface area (Å²) in [6, 6.07) is 17.4. The Morgan fingerprint density at radius 2 is 1.81 bits per heavy atom. The number of hydrogen-bond donors (Lipinski definition) is 5. The van der Waals surface area contributed by atoms with Gasteiger partial charge < -0.3 is 35.6 Å². The minimum Gasteiger partial charge on any atom is -0.507 e. The third-order valence-corrected chi connectivity index (χ3v) is 13.3. The molecule has 2 bridgehead atoms. The van der Waals surface area contributed by atoms with Gasteiger partial charge in [0, 0.05) is 60.1 Å². The number of phenolic OH excluding ortho intramolecular Hbond substituents is 1. The number of aromatic hydroxyl groups is 1. The first-order valence-electron chi connectivity index (χ1n) is 19.6. The molecular weight excluding hydrogens is 741 g/mol. The maximum atomic E-state index is 14.1. The largest absolute Gasteiger partial charge is 0.507 e. The maximum Gasteiger partial charge on any atom is 0.246 e. The van der Waals surface area contributed by atoms with Crippen molar-refractivity contribution in [3.8, 4) is 27.4 Å². The molecule has 4 heterocycles. The number of aromatic amines is 1. The van der Waals surface area contributed by atoms with Gasteiger partial charge in [-0.2, -0.15) is 0 Å². The fourth-order valence-electron chi connectivity index (χ4n) is 8.98. The van der Waals surface area contributed by atoms with Crippen molar-refractivity contribution in [2.75, 3.05) is 20.1 Å². The van der Waals surface area contributed by atoms with E-state index in [2.05, 4.69) is 48.8 Å². The summed E-state index contributed by atoms with van der Waals surface area (Å²) in [5, 5.41) is 36.6. The lowest BCUT2D eigenvalue weighted by Gasteiger charge is -2.73. The molecule has 13 nitrogen and oxygen atoms in total. The highest BCUT2D eigenvalue weighted by atomic mass is 32.1. The Labute approximate surface area is 335 Å². The Kier molecular flexibility index (Phi) is 9.94.